The van der Waals surface area contributed by atoms with E-state index in [0.717, 1.165) is 24.2 Å². The molecule has 1 unspecified atom stereocenters. The van der Waals surface area contributed by atoms with E-state index in [1.165, 1.54) is 4.31 Å². The van der Waals surface area contributed by atoms with Gasteiger partial charge in [0, 0.05) is 19.0 Å². The minimum atomic E-state index is -3.60. The monoisotopic (exact) mass is 332 g/mol. The summed E-state index contributed by atoms with van der Waals surface area (Å²) in [6.07, 6.45) is 1.90. The molecule has 1 aliphatic heterocycles. The summed E-state index contributed by atoms with van der Waals surface area (Å²) in [6, 6.07) is 0. The smallest absolute Gasteiger partial charge is 0.272 e. The summed E-state index contributed by atoms with van der Waals surface area (Å²) in [5.41, 5.74) is 0. The predicted octanol–water partition coefficient (Wildman–Crippen LogP) is 1.55. The summed E-state index contributed by atoms with van der Waals surface area (Å²) in [4.78, 5) is 11.6. The van der Waals surface area contributed by atoms with Crippen molar-refractivity contribution in [3.05, 3.63) is 0 Å². The highest BCUT2D eigenvalue weighted by molar-refractivity contribution is 7.91. The fraction of sp³-hybridized carbons (Fsp3) is 0.750. The van der Waals surface area contributed by atoms with Gasteiger partial charge in [0.1, 0.15) is 0 Å². The molecule has 0 bridgehead atoms. The molecule has 21 heavy (non-hydrogen) atoms. The number of sulfonamides is 1. The number of aromatic nitrogens is 2. The van der Waals surface area contributed by atoms with Crippen molar-refractivity contribution < 1.29 is 13.2 Å². The summed E-state index contributed by atoms with van der Waals surface area (Å²) >= 11 is 0.897. The van der Waals surface area contributed by atoms with Crippen LogP contribution in [0.3, 0.4) is 0 Å². The molecule has 0 spiro atoms. The molecule has 0 aliphatic carbocycles. The average Bonchev–Trinajstić information content (AvgIpc) is 2.87. The first-order valence-electron chi connectivity index (χ1n) is 6.95. The Morgan fingerprint density at radius 1 is 1.43 bits per heavy atom. The van der Waals surface area contributed by atoms with E-state index in [1.54, 1.807) is 13.8 Å². The van der Waals surface area contributed by atoms with Crippen molar-refractivity contribution in [2.45, 2.75) is 38.0 Å². The number of hydrogen-bond donors (Lipinski definition) is 1. The van der Waals surface area contributed by atoms with Crippen molar-refractivity contribution in [2.24, 2.45) is 11.8 Å². The summed E-state index contributed by atoms with van der Waals surface area (Å²) in [5.74, 6) is -0.0554. The molecule has 1 saturated heterocycles. The fourth-order valence-electron chi connectivity index (χ4n) is 2.09. The molecule has 0 radical (unpaired) electrons. The summed E-state index contributed by atoms with van der Waals surface area (Å²) in [7, 11) is -3.60. The third-order valence-corrected chi connectivity index (χ3v) is 6.39. The van der Waals surface area contributed by atoms with E-state index < -0.39 is 10.0 Å². The molecule has 1 amide bonds. The molecule has 1 aliphatic rings. The molecular formula is C12H20N4O3S2. The van der Waals surface area contributed by atoms with Crippen LogP contribution in [0.25, 0.3) is 0 Å². The van der Waals surface area contributed by atoms with Gasteiger partial charge in [-0.05, 0) is 18.8 Å². The van der Waals surface area contributed by atoms with Gasteiger partial charge < -0.3 is 5.32 Å². The Bertz CT molecular complexity index is 612. The lowest BCUT2D eigenvalue weighted by Gasteiger charge is -2.28. The van der Waals surface area contributed by atoms with E-state index in [2.05, 4.69) is 15.5 Å². The van der Waals surface area contributed by atoms with Gasteiger partial charge in [0.05, 0.1) is 0 Å². The van der Waals surface area contributed by atoms with Crippen molar-refractivity contribution in [3.63, 3.8) is 0 Å². The van der Waals surface area contributed by atoms with E-state index in [-0.39, 0.29) is 21.3 Å². The molecule has 7 nitrogen and oxygen atoms in total. The number of piperidine rings is 1. The van der Waals surface area contributed by atoms with Gasteiger partial charge in [-0.1, -0.05) is 32.1 Å². The molecule has 1 fully saturated rings. The second kappa shape index (κ2) is 6.37. The lowest BCUT2D eigenvalue weighted by molar-refractivity contribution is -0.118. The zero-order chi connectivity index (χ0) is 15.6. The number of hydrogen-bond acceptors (Lipinski definition) is 6. The average molecular weight is 332 g/mol. The highest BCUT2D eigenvalue weighted by Crippen LogP contribution is 2.27. The maximum atomic E-state index is 12.5. The topological polar surface area (TPSA) is 92.3 Å². The Morgan fingerprint density at radius 2 is 2.14 bits per heavy atom. The molecule has 0 saturated carbocycles. The van der Waals surface area contributed by atoms with Gasteiger partial charge in [0.15, 0.2) is 0 Å². The fourth-order valence-corrected chi connectivity index (χ4v) is 4.73. The van der Waals surface area contributed by atoms with Gasteiger partial charge in [0.2, 0.25) is 15.4 Å². The predicted molar refractivity (Wildman–Crippen MR) is 80.5 cm³/mol. The third kappa shape index (κ3) is 3.78. The van der Waals surface area contributed by atoms with E-state index in [9.17, 15) is 13.2 Å². The van der Waals surface area contributed by atoms with Gasteiger partial charge in [-0.15, -0.1) is 10.2 Å². The highest BCUT2D eigenvalue weighted by atomic mass is 32.2. The van der Waals surface area contributed by atoms with Gasteiger partial charge >= 0.3 is 0 Å². The highest BCUT2D eigenvalue weighted by Gasteiger charge is 2.31. The van der Waals surface area contributed by atoms with Gasteiger partial charge in [-0.2, -0.15) is 4.31 Å². The summed E-state index contributed by atoms with van der Waals surface area (Å²) in [6.45, 7) is 6.57. The number of anilines is 1. The van der Waals surface area contributed by atoms with Crippen LogP contribution in [0.2, 0.25) is 0 Å². The second-order valence-corrected chi connectivity index (χ2v) is 8.72. The number of nitrogens with one attached hydrogen (secondary N) is 1. The maximum absolute atomic E-state index is 12.5. The molecule has 2 heterocycles. The normalized spacial score (nSPS) is 20.7. The van der Waals surface area contributed by atoms with Crippen molar-refractivity contribution in [3.8, 4) is 0 Å². The number of rotatable bonds is 4. The van der Waals surface area contributed by atoms with Crippen LogP contribution in [-0.2, 0) is 14.8 Å². The Hall–Kier alpha value is -1.06. The van der Waals surface area contributed by atoms with Crippen LogP contribution in [0.15, 0.2) is 4.34 Å². The summed E-state index contributed by atoms with van der Waals surface area (Å²) in [5, 5.41) is 10.3. The quantitative estimate of drug-likeness (QED) is 0.845. The molecule has 118 valence electrons. The third-order valence-electron chi connectivity index (χ3n) is 3.34. The Kier molecular flexibility index (Phi) is 4.95. The van der Waals surface area contributed by atoms with Crippen molar-refractivity contribution in [2.75, 3.05) is 18.4 Å². The van der Waals surface area contributed by atoms with Gasteiger partial charge in [-0.3, -0.25) is 4.79 Å². The van der Waals surface area contributed by atoms with Crippen molar-refractivity contribution >= 4 is 32.4 Å². The van der Waals surface area contributed by atoms with E-state index in [4.69, 9.17) is 0 Å². The van der Waals surface area contributed by atoms with Crippen molar-refractivity contribution in [1.29, 1.82) is 0 Å². The molecule has 1 aromatic heterocycles. The van der Waals surface area contributed by atoms with Crippen LogP contribution in [0.4, 0.5) is 5.13 Å². The Labute approximate surface area is 128 Å². The second-order valence-electron chi connectivity index (χ2n) is 5.63. The standard InChI is InChI=1S/C12H20N4O3S2/c1-8(2)10(17)13-11-14-15-12(20-11)21(18,19)16-6-4-5-9(3)7-16/h8-9H,4-7H2,1-3H3,(H,13,14,17). The zero-order valence-electron chi connectivity index (χ0n) is 12.4. The number of nitrogens with zero attached hydrogens (tertiary/aromatic N) is 3. The van der Waals surface area contributed by atoms with Crippen LogP contribution < -0.4 is 5.32 Å². The minimum Gasteiger partial charge on any atom is -0.300 e. The molecule has 0 aromatic carbocycles. The minimum absolute atomic E-state index is 0.0596. The van der Waals surface area contributed by atoms with Crippen LogP contribution in [0, 0.1) is 11.8 Å². The van der Waals surface area contributed by atoms with Crippen molar-refractivity contribution in [1.82, 2.24) is 14.5 Å². The lowest BCUT2D eigenvalue weighted by atomic mass is 10.0. The molecule has 1 N–H and O–H groups in total. The first-order valence-corrected chi connectivity index (χ1v) is 9.21. The largest absolute Gasteiger partial charge is 0.300 e. The SMILES string of the molecule is CC1CCCN(S(=O)(=O)c2nnc(NC(=O)C(C)C)s2)C1. The van der Waals surface area contributed by atoms with E-state index >= 15 is 0 Å². The first-order chi connectivity index (χ1) is 9.80. The maximum Gasteiger partial charge on any atom is 0.272 e. The molecule has 1 atom stereocenters. The first kappa shape index (κ1) is 16.3. The van der Waals surface area contributed by atoms with E-state index in [1.807, 2.05) is 6.92 Å². The number of amides is 1. The van der Waals surface area contributed by atoms with E-state index in [0.29, 0.717) is 19.0 Å². The molecule has 2 rings (SSSR count). The Balaban J connectivity index is 2.14. The lowest BCUT2D eigenvalue weighted by Crippen LogP contribution is -2.39. The van der Waals surface area contributed by atoms with Crippen LogP contribution in [0.1, 0.15) is 33.6 Å². The molecule has 9 heteroatoms. The Morgan fingerprint density at radius 3 is 2.76 bits per heavy atom. The van der Waals surface area contributed by atoms with Crippen LogP contribution >= 0.6 is 11.3 Å². The zero-order valence-corrected chi connectivity index (χ0v) is 14.0. The van der Waals surface area contributed by atoms with Crippen LogP contribution in [-0.4, -0.2) is 41.9 Å². The number of carbonyl (C=O) groups excluding carboxylic acids is 1. The van der Waals surface area contributed by atoms with Crippen LogP contribution in [0.5, 0.6) is 0 Å². The number of carbonyl (C=O) groups is 1. The molecular weight excluding hydrogens is 312 g/mol. The molecule has 1 aromatic rings. The summed E-state index contributed by atoms with van der Waals surface area (Å²) < 4.78 is 26.4. The van der Waals surface area contributed by atoms with Gasteiger partial charge in [-0.25, -0.2) is 8.42 Å². The van der Waals surface area contributed by atoms with Gasteiger partial charge in [0.25, 0.3) is 10.0 Å².